The maximum Gasteiger partial charge on any atom is 0.134 e. The minimum Gasteiger partial charge on any atom is -0.384 e. The number of hydrogen-bond donors (Lipinski definition) is 1. The molecule has 0 aromatic carbocycles. The highest BCUT2D eigenvalue weighted by molar-refractivity contribution is 5.34. The van der Waals surface area contributed by atoms with Crippen molar-refractivity contribution in [2.45, 2.75) is 31.6 Å². The topological polar surface area (TPSA) is 75.6 Å². The summed E-state index contributed by atoms with van der Waals surface area (Å²) in [5, 5.41) is 8.77. The van der Waals surface area contributed by atoms with Crippen LogP contribution in [0, 0.1) is 11.3 Å². The third kappa shape index (κ3) is 1.67. The fraction of sp³-hybridized carbons (Fsp3) is 0.500. The van der Waals surface area contributed by atoms with E-state index in [0.29, 0.717) is 11.7 Å². The van der Waals surface area contributed by atoms with Crippen molar-refractivity contribution in [3.63, 3.8) is 0 Å². The first kappa shape index (κ1) is 8.95. The molecule has 0 saturated heterocycles. The van der Waals surface area contributed by atoms with Crippen molar-refractivity contribution in [2.24, 2.45) is 0 Å². The third-order valence-electron chi connectivity index (χ3n) is 2.36. The molecule has 0 spiro atoms. The summed E-state index contributed by atoms with van der Waals surface area (Å²) in [6.45, 7) is 1.82. The van der Waals surface area contributed by atoms with Gasteiger partial charge in [-0.15, -0.1) is 0 Å². The highest BCUT2D eigenvalue weighted by Crippen LogP contribution is 2.38. The number of nitrogens with two attached hydrogens (primary N) is 1. The SMILES string of the molecule is CC(C#N)c1cc(N)nc(C2CC2)n1. The van der Waals surface area contributed by atoms with E-state index in [-0.39, 0.29) is 5.92 Å². The Balaban J connectivity index is 2.36. The van der Waals surface area contributed by atoms with Crippen LogP contribution < -0.4 is 5.73 Å². The van der Waals surface area contributed by atoms with Gasteiger partial charge in [-0.1, -0.05) is 0 Å². The molecule has 1 aromatic heterocycles. The number of rotatable bonds is 2. The van der Waals surface area contributed by atoms with Crippen LogP contribution in [0.1, 0.15) is 43.1 Å². The van der Waals surface area contributed by atoms with Gasteiger partial charge in [0.25, 0.3) is 0 Å². The minimum absolute atomic E-state index is 0.210. The molecule has 1 aliphatic carbocycles. The van der Waals surface area contributed by atoms with Gasteiger partial charge in [-0.25, -0.2) is 9.97 Å². The number of nitriles is 1. The zero-order valence-corrected chi connectivity index (χ0v) is 8.07. The molecule has 4 heteroatoms. The standard InChI is InChI=1S/C10H12N4/c1-6(5-11)8-4-9(12)14-10(13-8)7-2-3-7/h4,6-7H,2-3H2,1H3,(H2,12,13,14). The second-order valence-electron chi connectivity index (χ2n) is 3.70. The average Bonchev–Trinajstić information content (AvgIpc) is 2.98. The van der Waals surface area contributed by atoms with Crippen LogP contribution in [-0.2, 0) is 0 Å². The molecule has 1 fully saturated rings. The number of nitrogen functional groups attached to an aromatic ring is 1. The van der Waals surface area contributed by atoms with Gasteiger partial charge in [0.2, 0.25) is 0 Å². The second-order valence-corrected chi connectivity index (χ2v) is 3.70. The van der Waals surface area contributed by atoms with Gasteiger partial charge >= 0.3 is 0 Å². The summed E-state index contributed by atoms with van der Waals surface area (Å²) >= 11 is 0. The van der Waals surface area contributed by atoms with Crippen LogP contribution in [-0.4, -0.2) is 9.97 Å². The fourth-order valence-corrected chi connectivity index (χ4v) is 1.32. The molecule has 0 radical (unpaired) electrons. The highest BCUT2D eigenvalue weighted by Gasteiger charge is 2.27. The molecule has 1 heterocycles. The van der Waals surface area contributed by atoms with Crippen molar-refractivity contribution in [1.29, 1.82) is 5.26 Å². The van der Waals surface area contributed by atoms with Crippen molar-refractivity contribution < 1.29 is 0 Å². The van der Waals surface area contributed by atoms with Crippen molar-refractivity contribution >= 4 is 5.82 Å². The summed E-state index contributed by atoms with van der Waals surface area (Å²) in [6.07, 6.45) is 2.29. The Morgan fingerprint density at radius 1 is 1.57 bits per heavy atom. The van der Waals surface area contributed by atoms with Crippen molar-refractivity contribution in [2.75, 3.05) is 5.73 Å². The van der Waals surface area contributed by atoms with Crippen LogP contribution in [0.3, 0.4) is 0 Å². The van der Waals surface area contributed by atoms with E-state index in [1.54, 1.807) is 6.07 Å². The number of aromatic nitrogens is 2. The summed E-state index contributed by atoms with van der Waals surface area (Å²) in [5.41, 5.74) is 6.39. The summed E-state index contributed by atoms with van der Waals surface area (Å²) in [4.78, 5) is 8.52. The Kier molecular flexibility index (Phi) is 2.08. The summed E-state index contributed by atoms with van der Waals surface area (Å²) in [6, 6.07) is 3.83. The lowest BCUT2D eigenvalue weighted by molar-refractivity contribution is 0.844. The molecule has 14 heavy (non-hydrogen) atoms. The molecule has 1 aliphatic rings. The van der Waals surface area contributed by atoms with Gasteiger partial charge in [-0.2, -0.15) is 5.26 Å². The van der Waals surface area contributed by atoms with E-state index < -0.39 is 0 Å². The van der Waals surface area contributed by atoms with Gasteiger partial charge in [0.1, 0.15) is 11.6 Å². The Labute approximate surface area is 82.8 Å². The van der Waals surface area contributed by atoms with E-state index in [1.165, 1.54) is 0 Å². The molecular formula is C10H12N4. The van der Waals surface area contributed by atoms with Gasteiger partial charge < -0.3 is 5.73 Å². The van der Waals surface area contributed by atoms with Crippen molar-refractivity contribution in [3.05, 3.63) is 17.6 Å². The normalized spacial score (nSPS) is 17.4. The van der Waals surface area contributed by atoms with E-state index in [9.17, 15) is 0 Å². The molecular weight excluding hydrogens is 176 g/mol. The molecule has 1 saturated carbocycles. The first-order chi connectivity index (χ1) is 6.70. The lowest BCUT2D eigenvalue weighted by Crippen LogP contribution is -2.04. The predicted octanol–water partition coefficient (Wildman–Crippen LogP) is 1.56. The van der Waals surface area contributed by atoms with E-state index in [2.05, 4.69) is 16.0 Å². The first-order valence-electron chi connectivity index (χ1n) is 4.74. The smallest absolute Gasteiger partial charge is 0.134 e. The number of nitrogens with zero attached hydrogens (tertiary/aromatic N) is 3. The van der Waals surface area contributed by atoms with Crippen molar-refractivity contribution in [3.8, 4) is 6.07 Å². The lowest BCUT2D eigenvalue weighted by atomic mass is 10.1. The minimum atomic E-state index is -0.210. The molecule has 1 aromatic rings. The Morgan fingerprint density at radius 3 is 2.86 bits per heavy atom. The van der Waals surface area contributed by atoms with Crippen LogP contribution in [0.15, 0.2) is 6.07 Å². The van der Waals surface area contributed by atoms with Gasteiger partial charge in [-0.3, -0.25) is 0 Å². The van der Waals surface area contributed by atoms with Crippen LogP contribution in [0.2, 0.25) is 0 Å². The molecule has 0 bridgehead atoms. The van der Waals surface area contributed by atoms with Crippen LogP contribution in [0.5, 0.6) is 0 Å². The predicted molar refractivity (Wildman–Crippen MR) is 52.4 cm³/mol. The monoisotopic (exact) mass is 188 g/mol. The maximum absolute atomic E-state index is 8.77. The molecule has 0 aliphatic heterocycles. The average molecular weight is 188 g/mol. The van der Waals surface area contributed by atoms with Crippen molar-refractivity contribution in [1.82, 2.24) is 9.97 Å². The summed E-state index contributed by atoms with van der Waals surface area (Å²) < 4.78 is 0. The zero-order valence-electron chi connectivity index (χ0n) is 8.07. The molecule has 2 N–H and O–H groups in total. The van der Waals surface area contributed by atoms with E-state index in [1.807, 2.05) is 6.92 Å². The highest BCUT2D eigenvalue weighted by atomic mass is 15.0. The molecule has 72 valence electrons. The molecule has 1 unspecified atom stereocenters. The van der Waals surface area contributed by atoms with E-state index in [4.69, 9.17) is 11.0 Å². The third-order valence-corrected chi connectivity index (χ3v) is 2.36. The van der Waals surface area contributed by atoms with Gasteiger partial charge in [0.15, 0.2) is 0 Å². The van der Waals surface area contributed by atoms with Crippen LogP contribution in [0.4, 0.5) is 5.82 Å². The fourth-order valence-electron chi connectivity index (χ4n) is 1.32. The Bertz CT molecular complexity index is 390. The maximum atomic E-state index is 8.77. The molecule has 1 atom stereocenters. The zero-order chi connectivity index (χ0) is 10.1. The quantitative estimate of drug-likeness (QED) is 0.764. The summed E-state index contributed by atoms with van der Waals surface area (Å²) in [5.74, 6) is 1.54. The van der Waals surface area contributed by atoms with E-state index in [0.717, 1.165) is 24.4 Å². The molecule has 0 amide bonds. The first-order valence-corrected chi connectivity index (χ1v) is 4.74. The van der Waals surface area contributed by atoms with Crippen LogP contribution >= 0.6 is 0 Å². The lowest BCUT2D eigenvalue weighted by Gasteiger charge is -2.05. The van der Waals surface area contributed by atoms with Gasteiger partial charge in [-0.05, 0) is 19.8 Å². The van der Waals surface area contributed by atoms with Crippen LogP contribution in [0.25, 0.3) is 0 Å². The molecule has 2 rings (SSSR count). The largest absolute Gasteiger partial charge is 0.384 e. The van der Waals surface area contributed by atoms with Gasteiger partial charge in [0, 0.05) is 12.0 Å². The summed E-state index contributed by atoms with van der Waals surface area (Å²) in [7, 11) is 0. The Hall–Kier alpha value is -1.63. The number of hydrogen-bond acceptors (Lipinski definition) is 4. The molecule has 4 nitrogen and oxygen atoms in total. The Morgan fingerprint density at radius 2 is 2.29 bits per heavy atom. The van der Waals surface area contributed by atoms with Gasteiger partial charge in [0.05, 0.1) is 17.7 Å². The van der Waals surface area contributed by atoms with E-state index >= 15 is 0 Å². The second kappa shape index (κ2) is 3.26. The number of anilines is 1.